The van der Waals surface area contributed by atoms with Gasteiger partial charge in [-0.2, -0.15) is 10.2 Å². The van der Waals surface area contributed by atoms with Gasteiger partial charge in [0.2, 0.25) is 0 Å². The SMILES string of the molecule is C1=C(c2ccccc2)CC(c2ccc(CCc3cccc(N=Nc4cccc(CCc5ccc(C6=CC=C(c7ccccc7)C6)cc5)c4)c3)cc2)=C1. The second-order valence-electron chi connectivity index (χ2n) is 13.8. The number of aryl methyl sites for hydroxylation is 4. The van der Waals surface area contributed by atoms with Crippen LogP contribution in [0.5, 0.6) is 0 Å². The van der Waals surface area contributed by atoms with E-state index in [0.29, 0.717) is 0 Å². The molecule has 0 aliphatic heterocycles. The summed E-state index contributed by atoms with van der Waals surface area (Å²) in [4.78, 5) is 0. The lowest BCUT2D eigenvalue weighted by atomic mass is 9.97. The van der Waals surface area contributed by atoms with E-state index in [9.17, 15) is 0 Å². The number of hydrogen-bond donors (Lipinski definition) is 0. The van der Waals surface area contributed by atoms with Gasteiger partial charge in [-0.3, -0.25) is 0 Å². The molecule has 6 aromatic carbocycles. The van der Waals surface area contributed by atoms with E-state index in [1.807, 2.05) is 12.1 Å². The summed E-state index contributed by atoms with van der Waals surface area (Å²) < 4.78 is 0. The molecule has 0 aromatic heterocycles. The Kier molecular flexibility index (Phi) is 10.1. The molecule has 0 N–H and O–H groups in total. The van der Waals surface area contributed by atoms with E-state index in [-0.39, 0.29) is 0 Å². The van der Waals surface area contributed by atoms with Crippen LogP contribution in [0.25, 0.3) is 22.3 Å². The van der Waals surface area contributed by atoms with Gasteiger partial charge < -0.3 is 0 Å². The van der Waals surface area contributed by atoms with Crippen LogP contribution in [0, 0.1) is 0 Å². The zero-order chi connectivity index (χ0) is 35.0. The van der Waals surface area contributed by atoms with E-state index in [0.717, 1.165) is 49.9 Å². The van der Waals surface area contributed by atoms with Crippen molar-refractivity contribution >= 4 is 33.7 Å². The number of nitrogens with zero attached hydrogens (tertiary/aromatic N) is 2. The molecular formula is C50H42N2. The number of rotatable bonds is 12. The molecule has 0 heterocycles. The van der Waals surface area contributed by atoms with Crippen LogP contribution in [0.4, 0.5) is 11.4 Å². The summed E-state index contributed by atoms with van der Waals surface area (Å²) in [5, 5.41) is 9.22. The fourth-order valence-electron chi connectivity index (χ4n) is 7.16. The van der Waals surface area contributed by atoms with Crippen molar-refractivity contribution in [3.63, 3.8) is 0 Å². The van der Waals surface area contributed by atoms with Crippen LogP contribution in [0.1, 0.15) is 57.3 Å². The number of allylic oxidation sites excluding steroid dienone is 8. The highest BCUT2D eigenvalue weighted by atomic mass is 15.1. The molecule has 0 unspecified atom stereocenters. The Morgan fingerprint density at radius 2 is 0.654 bits per heavy atom. The van der Waals surface area contributed by atoms with Gasteiger partial charge in [-0.25, -0.2) is 0 Å². The minimum atomic E-state index is 0.886. The molecule has 0 fully saturated rings. The van der Waals surface area contributed by atoms with Gasteiger partial charge in [-0.05, 0) is 130 Å². The van der Waals surface area contributed by atoms with Crippen LogP contribution in [-0.4, -0.2) is 0 Å². The first-order valence-corrected chi connectivity index (χ1v) is 18.4. The molecule has 0 atom stereocenters. The lowest BCUT2D eigenvalue weighted by Gasteiger charge is -2.08. The van der Waals surface area contributed by atoms with E-state index in [2.05, 4.69) is 180 Å². The first-order chi connectivity index (χ1) is 25.7. The summed E-state index contributed by atoms with van der Waals surface area (Å²) in [5.74, 6) is 0. The van der Waals surface area contributed by atoms with Crippen LogP contribution in [0.15, 0.2) is 192 Å². The summed E-state index contributed by atoms with van der Waals surface area (Å²) in [7, 11) is 0. The monoisotopic (exact) mass is 670 g/mol. The van der Waals surface area contributed by atoms with Crippen LogP contribution in [0.2, 0.25) is 0 Å². The van der Waals surface area contributed by atoms with Gasteiger partial charge in [0.05, 0.1) is 11.4 Å². The fourth-order valence-corrected chi connectivity index (χ4v) is 7.16. The van der Waals surface area contributed by atoms with Crippen molar-refractivity contribution in [2.45, 2.75) is 38.5 Å². The summed E-state index contributed by atoms with van der Waals surface area (Å²) in [6.45, 7) is 0. The molecule has 0 radical (unpaired) electrons. The summed E-state index contributed by atoms with van der Waals surface area (Å²) >= 11 is 0. The van der Waals surface area contributed by atoms with E-state index >= 15 is 0 Å². The third-order valence-electron chi connectivity index (χ3n) is 10.2. The Balaban J connectivity index is 0.812. The summed E-state index contributed by atoms with van der Waals surface area (Å²) in [5.41, 5.74) is 17.8. The third-order valence-corrected chi connectivity index (χ3v) is 10.2. The summed E-state index contributed by atoms with van der Waals surface area (Å²) in [6, 6.07) is 56.4. The highest BCUT2D eigenvalue weighted by molar-refractivity contribution is 5.87. The topological polar surface area (TPSA) is 24.7 Å². The quantitative estimate of drug-likeness (QED) is 0.116. The Hall–Kier alpha value is -6.12. The Bertz CT molecular complexity index is 2140. The predicted molar refractivity (Wildman–Crippen MR) is 219 cm³/mol. The Morgan fingerprint density at radius 3 is 1.04 bits per heavy atom. The minimum Gasteiger partial charge on any atom is -0.151 e. The lowest BCUT2D eigenvalue weighted by molar-refractivity contribution is 0.957. The van der Waals surface area contributed by atoms with Crippen molar-refractivity contribution in [2.75, 3.05) is 0 Å². The van der Waals surface area contributed by atoms with Crippen molar-refractivity contribution in [1.82, 2.24) is 0 Å². The maximum Gasteiger partial charge on any atom is 0.0859 e. The molecule has 6 aromatic rings. The average Bonchev–Trinajstić information content (AvgIpc) is 3.92. The fraction of sp³-hybridized carbons (Fsp3) is 0.120. The van der Waals surface area contributed by atoms with Crippen molar-refractivity contribution in [1.29, 1.82) is 0 Å². The van der Waals surface area contributed by atoms with Gasteiger partial charge in [0.15, 0.2) is 0 Å². The molecule has 0 bridgehead atoms. The second-order valence-corrected chi connectivity index (χ2v) is 13.8. The number of benzene rings is 6. The van der Waals surface area contributed by atoms with Gasteiger partial charge >= 0.3 is 0 Å². The first kappa shape index (κ1) is 33.0. The zero-order valence-corrected chi connectivity index (χ0v) is 29.5. The molecule has 2 aliphatic carbocycles. The van der Waals surface area contributed by atoms with E-state index in [1.165, 1.54) is 66.8 Å². The predicted octanol–water partition coefficient (Wildman–Crippen LogP) is 13.4. The molecule has 2 nitrogen and oxygen atoms in total. The highest BCUT2D eigenvalue weighted by Crippen LogP contribution is 2.35. The maximum absolute atomic E-state index is 4.61. The van der Waals surface area contributed by atoms with Gasteiger partial charge in [0, 0.05) is 0 Å². The normalized spacial score (nSPS) is 13.9. The molecular weight excluding hydrogens is 629 g/mol. The smallest absolute Gasteiger partial charge is 0.0859 e. The zero-order valence-electron chi connectivity index (χ0n) is 29.5. The molecule has 0 amide bonds. The largest absolute Gasteiger partial charge is 0.151 e. The molecule has 0 spiro atoms. The van der Waals surface area contributed by atoms with Gasteiger partial charge in [0.25, 0.3) is 0 Å². The molecule has 8 rings (SSSR count). The van der Waals surface area contributed by atoms with Gasteiger partial charge in [0.1, 0.15) is 0 Å². The Labute approximate surface area is 308 Å². The van der Waals surface area contributed by atoms with Gasteiger partial charge in [-0.15, -0.1) is 0 Å². The maximum atomic E-state index is 4.61. The van der Waals surface area contributed by atoms with Crippen molar-refractivity contribution in [2.24, 2.45) is 10.2 Å². The van der Waals surface area contributed by atoms with Crippen LogP contribution in [0.3, 0.4) is 0 Å². The molecule has 52 heavy (non-hydrogen) atoms. The molecule has 0 saturated carbocycles. The molecule has 0 saturated heterocycles. The van der Waals surface area contributed by atoms with E-state index in [1.54, 1.807) is 0 Å². The van der Waals surface area contributed by atoms with Crippen molar-refractivity contribution in [3.05, 3.63) is 227 Å². The standard InChI is InChI=1S/C50H42N2/c1-3-11-41(12-4-1)45-29-31-47(35-45)43-25-21-37(22-26-43)17-19-39-9-7-15-49(33-39)51-52-50-16-8-10-40(34-50)20-18-38-23-27-44(28-24-38)48-32-30-46(36-48)42-13-5-2-6-14-42/h1-16,21-34H,17-20,35-36H2. The van der Waals surface area contributed by atoms with Crippen molar-refractivity contribution < 1.29 is 0 Å². The van der Waals surface area contributed by atoms with Gasteiger partial charge in [-0.1, -0.05) is 158 Å². The number of azo groups is 1. The highest BCUT2D eigenvalue weighted by Gasteiger charge is 2.13. The molecule has 2 aliphatic rings. The first-order valence-electron chi connectivity index (χ1n) is 18.4. The third kappa shape index (κ3) is 8.25. The second kappa shape index (κ2) is 15.8. The molecule has 2 heteroatoms. The van der Waals surface area contributed by atoms with E-state index in [4.69, 9.17) is 0 Å². The number of hydrogen-bond acceptors (Lipinski definition) is 2. The van der Waals surface area contributed by atoms with Crippen LogP contribution in [-0.2, 0) is 25.7 Å². The molecule has 252 valence electrons. The summed E-state index contributed by atoms with van der Waals surface area (Å²) in [6.07, 6.45) is 14.9. The van der Waals surface area contributed by atoms with Crippen LogP contribution >= 0.6 is 0 Å². The average molecular weight is 671 g/mol. The minimum absolute atomic E-state index is 0.886. The van der Waals surface area contributed by atoms with E-state index < -0.39 is 0 Å². The van der Waals surface area contributed by atoms with Crippen LogP contribution < -0.4 is 0 Å². The Morgan fingerprint density at radius 1 is 0.308 bits per heavy atom. The van der Waals surface area contributed by atoms with Crippen molar-refractivity contribution in [3.8, 4) is 0 Å². The lowest BCUT2D eigenvalue weighted by Crippen LogP contribution is -1.92.